The van der Waals surface area contributed by atoms with Gasteiger partial charge in [0.05, 0.1) is 4.90 Å². The van der Waals surface area contributed by atoms with E-state index < -0.39 is 16.0 Å². The summed E-state index contributed by atoms with van der Waals surface area (Å²) >= 11 is 0. The fourth-order valence-electron chi connectivity index (χ4n) is 2.47. The van der Waals surface area contributed by atoms with Crippen LogP contribution < -0.4 is 5.14 Å². The standard InChI is InChI=1S/C19H18FN3O5S/c1-12-2-6-14(10-16(12)20)19-22-17(28-23-19)11-27-18(24)9-5-13-3-7-15(8-4-13)29(21,25)26/h2-4,6-8,10H,5,9,11H2,1H3,(H2,21,25,26). The number of benzene rings is 2. The van der Waals surface area contributed by atoms with Crippen molar-refractivity contribution in [1.82, 2.24) is 10.1 Å². The smallest absolute Gasteiger partial charge is 0.306 e. The number of carbonyl (C=O) groups excluding carboxylic acids is 1. The van der Waals surface area contributed by atoms with E-state index in [1.807, 2.05) is 0 Å². The van der Waals surface area contributed by atoms with E-state index in [0.717, 1.165) is 5.56 Å². The molecule has 2 N–H and O–H groups in total. The van der Waals surface area contributed by atoms with Crippen LogP contribution in [0.25, 0.3) is 11.4 Å². The first kappa shape index (κ1) is 20.6. The third-order valence-electron chi connectivity index (χ3n) is 4.12. The molecule has 29 heavy (non-hydrogen) atoms. The van der Waals surface area contributed by atoms with Crippen LogP contribution in [0.1, 0.15) is 23.4 Å². The molecule has 0 atom stereocenters. The number of sulfonamides is 1. The Morgan fingerprint density at radius 2 is 1.93 bits per heavy atom. The number of hydrogen-bond acceptors (Lipinski definition) is 7. The average Bonchev–Trinajstić information content (AvgIpc) is 3.15. The van der Waals surface area contributed by atoms with Gasteiger partial charge < -0.3 is 9.26 Å². The van der Waals surface area contributed by atoms with Gasteiger partial charge in [0.15, 0.2) is 6.61 Å². The van der Waals surface area contributed by atoms with Crippen LogP contribution in [0.4, 0.5) is 4.39 Å². The number of ether oxygens (including phenoxy) is 1. The van der Waals surface area contributed by atoms with E-state index in [1.165, 1.54) is 18.2 Å². The molecule has 3 rings (SSSR count). The lowest BCUT2D eigenvalue weighted by atomic mass is 10.1. The van der Waals surface area contributed by atoms with Crippen molar-refractivity contribution in [2.75, 3.05) is 0 Å². The SMILES string of the molecule is Cc1ccc(-c2noc(COC(=O)CCc3ccc(S(N)(=O)=O)cc3)n2)cc1F. The van der Waals surface area contributed by atoms with Crippen LogP contribution in [-0.4, -0.2) is 24.5 Å². The first-order chi connectivity index (χ1) is 13.7. The molecule has 2 aromatic carbocycles. The lowest BCUT2D eigenvalue weighted by Gasteiger charge is -2.04. The number of halogens is 1. The van der Waals surface area contributed by atoms with Crippen LogP contribution in [-0.2, 0) is 32.6 Å². The molecule has 3 aromatic rings. The van der Waals surface area contributed by atoms with Gasteiger partial charge in [-0.3, -0.25) is 4.79 Å². The molecule has 1 aromatic heterocycles. The van der Waals surface area contributed by atoms with Crippen molar-refractivity contribution in [2.24, 2.45) is 5.14 Å². The summed E-state index contributed by atoms with van der Waals surface area (Å²) in [4.78, 5) is 16.0. The number of nitrogens with zero attached hydrogens (tertiary/aromatic N) is 2. The van der Waals surface area contributed by atoms with E-state index >= 15 is 0 Å². The molecule has 0 unspecified atom stereocenters. The summed E-state index contributed by atoms with van der Waals surface area (Å²) in [5.41, 5.74) is 1.72. The summed E-state index contributed by atoms with van der Waals surface area (Å²) < 4.78 is 46.2. The van der Waals surface area contributed by atoms with Crippen molar-refractivity contribution >= 4 is 16.0 Å². The highest BCUT2D eigenvalue weighted by Crippen LogP contribution is 2.19. The van der Waals surface area contributed by atoms with E-state index in [2.05, 4.69) is 10.1 Å². The van der Waals surface area contributed by atoms with Crippen LogP contribution in [0.2, 0.25) is 0 Å². The second-order valence-corrected chi connectivity index (χ2v) is 7.89. The quantitative estimate of drug-likeness (QED) is 0.583. The molecule has 0 aliphatic heterocycles. The zero-order valence-electron chi connectivity index (χ0n) is 15.5. The van der Waals surface area contributed by atoms with Crippen molar-refractivity contribution in [2.45, 2.75) is 31.3 Å². The first-order valence-corrected chi connectivity index (χ1v) is 10.1. The summed E-state index contributed by atoms with van der Waals surface area (Å²) in [6.45, 7) is 1.44. The molecule has 0 fully saturated rings. The lowest BCUT2D eigenvalue weighted by molar-refractivity contribution is -0.145. The highest BCUT2D eigenvalue weighted by Gasteiger charge is 2.13. The van der Waals surface area contributed by atoms with Crippen molar-refractivity contribution < 1.29 is 26.9 Å². The number of carbonyl (C=O) groups is 1. The van der Waals surface area contributed by atoms with Gasteiger partial charge in [0.2, 0.25) is 15.8 Å². The average molecular weight is 419 g/mol. The monoisotopic (exact) mass is 419 g/mol. The van der Waals surface area contributed by atoms with Gasteiger partial charge in [-0.25, -0.2) is 17.9 Å². The molecule has 0 bridgehead atoms. The van der Waals surface area contributed by atoms with Gasteiger partial charge in [-0.1, -0.05) is 29.4 Å². The van der Waals surface area contributed by atoms with Gasteiger partial charge in [0, 0.05) is 12.0 Å². The number of nitrogens with two attached hydrogens (primary N) is 1. The largest absolute Gasteiger partial charge is 0.456 e. The molecule has 0 radical (unpaired) electrons. The van der Waals surface area contributed by atoms with Crippen molar-refractivity contribution in [3.63, 3.8) is 0 Å². The second kappa shape index (κ2) is 8.50. The molecule has 1 heterocycles. The summed E-state index contributed by atoms with van der Waals surface area (Å²) in [5.74, 6) is -0.573. The number of aryl methyl sites for hydroxylation is 2. The Labute approximate surface area is 166 Å². The molecule has 8 nitrogen and oxygen atoms in total. The highest BCUT2D eigenvalue weighted by molar-refractivity contribution is 7.89. The van der Waals surface area contributed by atoms with E-state index in [1.54, 1.807) is 31.2 Å². The topological polar surface area (TPSA) is 125 Å². The van der Waals surface area contributed by atoms with Gasteiger partial charge in [0.25, 0.3) is 5.89 Å². The van der Waals surface area contributed by atoms with E-state index in [9.17, 15) is 17.6 Å². The van der Waals surface area contributed by atoms with Crippen LogP contribution >= 0.6 is 0 Å². The molecule has 152 valence electrons. The Morgan fingerprint density at radius 1 is 1.21 bits per heavy atom. The Morgan fingerprint density at radius 3 is 2.59 bits per heavy atom. The molecular weight excluding hydrogens is 401 g/mol. The number of primary sulfonamides is 1. The second-order valence-electron chi connectivity index (χ2n) is 6.33. The first-order valence-electron chi connectivity index (χ1n) is 8.59. The maximum absolute atomic E-state index is 13.6. The number of rotatable bonds is 7. The third-order valence-corrected chi connectivity index (χ3v) is 5.05. The van der Waals surface area contributed by atoms with Crippen molar-refractivity contribution in [3.05, 3.63) is 65.3 Å². The van der Waals surface area contributed by atoms with Crippen LogP contribution in [0.3, 0.4) is 0 Å². The molecule has 0 saturated carbocycles. The predicted octanol–water partition coefficient (Wildman–Crippen LogP) is 2.51. The van der Waals surface area contributed by atoms with Crippen LogP contribution in [0, 0.1) is 12.7 Å². The Bertz CT molecular complexity index is 1130. The number of hydrogen-bond donors (Lipinski definition) is 1. The predicted molar refractivity (Wildman–Crippen MR) is 100 cm³/mol. The van der Waals surface area contributed by atoms with E-state index in [-0.39, 0.29) is 35.5 Å². The molecular formula is C19H18FN3O5S. The summed E-state index contributed by atoms with van der Waals surface area (Å²) in [7, 11) is -3.75. The third kappa shape index (κ3) is 5.46. The van der Waals surface area contributed by atoms with E-state index in [4.69, 9.17) is 14.4 Å². The fourth-order valence-corrected chi connectivity index (χ4v) is 2.98. The molecule has 0 aliphatic rings. The molecule has 0 spiro atoms. The summed E-state index contributed by atoms with van der Waals surface area (Å²) in [5, 5.41) is 8.79. The van der Waals surface area contributed by atoms with Gasteiger partial charge in [-0.05, 0) is 42.7 Å². The Kier molecular flexibility index (Phi) is 6.04. The molecule has 10 heteroatoms. The van der Waals surface area contributed by atoms with Crippen LogP contribution in [0.15, 0.2) is 51.9 Å². The normalized spacial score (nSPS) is 11.4. The van der Waals surface area contributed by atoms with Gasteiger partial charge in [0.1, 0.15) is 5.82 Å². The number of esters is 1. The minimum Gasteiger partial charge on any atom is -0.456 e. The van der Waals surface area contributed by atoms with Gasteiger partial charge >= 0.3 is 5.97 Å². The minimum absolute atomic E-state index is 0.00415. The van der Waals surface area contributed by atoms with Crippen molar-refractivity contribution in [3.8, 4) is 11.4 Å². The Balaban J connectivity index is 1.51. The lowest BCUT2D eigenvalue weighted by Crippen LogP contribution is -2.12. The number of aromatic nitrogens is 2. The maximum atomic E-state index is 13.6. The summed E-state index contributed by atoms with van der Waals surface area (Å²) in [6, 6.07) is 10.5. The highest BCUT2D eigenvalue weighted by atomic mass is 32.2. The Hall–Kier alpha value is -3.11. The minimum atomic E-state index is -3.75. The summed E-state index contributed by atoms with van der Waals surface area (Å²) in [6.07, 6.45) is 0.445. The van der Waals surface area contributed by atoms with Crippen LogP contribution in [0.5, 0.6) is 0 Å². The molecule has 0 amide bonds. The molecule has 0 aliphatic carbocycles. The zero-order chi connectivity index (χ0) is 21.0. The van der Waals surface area contributed by atoms with Gasteiger partial charge in [-0.15, -0.1) is 0 Å². The fraction of sp³-hybridized carbons (Fsp3) is 0.211. The zero-order valence-corrected chi connectivity index (χ0v) is 16.3. The maximum Gasteiger partial charge on any atom is 0.306 e. The van der Waals surface area contributed by atoms with Gasteiger partial charge in [-0.2, -0.15) is 4.98 Å². The van der Waals surface area contributed by atoms with Crippen molar-refractivity contribution in [1.29, 1.82) is 0 Å². The van der Waals surface area contributed by atoms with E-state index in [0.29, 0.717) is 17.5 Å². The molecule has 0 saturated heterocycles.